The normalized spacial score (nSPS) is 18.2. The number of anilines is 3. The molecule has 6 nitrogen and oxygen atoms in total. The fourth-order valence-corrected chi connectivity index (χ4v) is 4.18. The monoisotopic (exact) mass is 458 g/mol. The number of para-hydroxylation sites is 2. The Labute approximate surface area is 198 Å². The molecule has 1 saturated heterocycles. The minimum atomic E-state index is -0.340. The van der Waals surface area contributed by atoms with Crippen LogP contribution in [0.5, 0.6) is 0 Å². The van der Waals surface area contributed by atoms with Crippen molar-refractivity contribution in [3.05, 3.63) is 95.8 Å². The largest absolute Gasteiger partial charge is 0.397 e. The molecule has 34 heavy (non-hydrogen) atoms. The number of benzene rings is 3. The van der Waals surface area contributed by atoms with Crippen LogP contribution in [0.3, 0.4) is 0 Å². The summed E-state index contributed by atoms with van der Waals surface area (Å²) in [5.74, 6) is -0.877. The molecule has 4 rings (SSSR count). The van der Waals surface area contributed by atoms with E-state index in [4.69, 9.17) is 5.73 Å². The molecule has 1 fully saturated rings. The Morgan fingerprint density at radius 3 is 2.38 bits per heavy atom. The van der Waals surface area contributed by atoms with Crippen molar-refractivity contribution < 1.29 is 14.0 Å². The number of hydrogen-bond acceptors (Lipinski definition) is 4. The standard InChI is InChI=1S/C27H27FN4O2/c1-32-16-22(23(17-32)27(34)30-21-13-11-20(28)12-14-21)19-9-6-18(7-10-19)8-15-26(33)31-25-5-3-2-4-24(25)29/h2-15,22-23H,16-17,29H2,1H3,(H,30,34)(H,31,33)/t22-,23+/m1/s1. The number of hydrogen-bond donors (Lipinski definition) is 3. The fraction of sp³-hybridized carbons (Fsp3) is 0.185. The zero-order chi connectivity index (χ0) is 24.1. The van der Waals surface area contributed by atoms with Crippen molar-refractivity contribution in [1.29, 1.82) is 0 Å². The lowest BCUT2D eigenvalue weighted by Gasteiger charge is -2.19. The van der Waals surface area contributed by atoms with Crippen molar-refractivity contribution in [1.82, 2.24) is 4.90 Å². The van der Waals surface area contributed by atoms with Gasteiger partial charge in [0, 0.05) is 30.8 Å². The van der Waals surface area contributed by atoms with Crippen LogP contribution in [0.15, 0.2) is 78.9 Å². The summed E-state index contributed by atoms with van der Waals surface area (Å²) in [6.07, 6.45) is 3.20. The average Bonchev–Trinajstić information content (AvgIpc) is 3.23. The molecule has 0 radical (unpaired) electrons. The number of likely N-dealkylation sites (N-methyl/N-ethyl adjacent to an activating group) is 1. The predicted octanol–water partition coefficient (Wildman–Crippen LogP) is 4.34. The molecule has 3 aromatic rings. The summed E-state index contributed by atoms with van der Waals surface area (Å²) in [5.41, 5.74) is 9.45. The van der Waals surface area contributed by atoms with Gasteiger partial charge in [-0.2, -0.15) is 0 Å². The quantitative estimate of drug-likeness (QED) is 0.379. The van der Waals surface area contributed by atoms with E-state index in [1.165, 1.54) is 18.2 Å². The van der Waals surface area contributed by atoms with E-state index in [0.29, 0.717) is 23.6 Å². The van der Waals surface area contributed by atoms with Gasteiger partial charge in [0.1, 0.15) is 5.82 Å². The lowest BCUT2D eigenvalue weighted by molar-refractivity contribution is -0.119. The van der Waals surface area contributed by atoms with Crippen LogP contribution >= 0.6 is 0 Å². The molecular weight excluding hydrogens is 431 g/mol. The molecule has 0 saturated carbocycles. The Morgan fingerprint density at radius 2 is 1.68 bits per heavy atom. The maximum atomic E-state index is 13.2. The summed E-state index contributed by atoms with van der Waals surface area (Å²) in [6, 6.07) is 20.7. The highest BCUT2D eigenvalue weighted by atomic mass is 19.1. The summed E-state index contributed by atoms with van der Waals surface area (Å²) >= 11 is 0. The summed E-state index contributed by atoms with van der Waals surface area (Å²) in [5, 5.41) is 5.66. The molecule has 4 N–H and O–H groups in total. The number of carbonyl (C=O) groups excluding carboxylic acids is 2. The second-order valence-electron chi connectivity index (χ2n) is 8.51. The molecule has 1 heterocycles. The third kappa shape index (κ3) is 5.68. The Bertz CT molecular complexity index is 1190. The van der Waals surface area contributed by atoms with Crippen LogP contribution in [0.4, 0.5) is 21.5 Å². The Balaban J connectivity index is 1.40. The Morgan fingerprint density at radius 1 is 0.971 bits per heavy atom. The van der Waals surface area contributed by atoms with Gasteiger partial charge in [-0.3, -0.25) is 9.59 Å². The smallest absolute Gasteiger partial charge is 0.248 e. The van der Waals surface area contributed by atoms with Crippen molar-refractivity contribution >= 4 is 35.0 Å². The fourth-order valence-electron chi connectivity index (χ4n) is 4.18. The molecule has 2 atom stereocenters. The lowest BCUT2D eigenvalue weighted by Crippen LogP contribution is -2.28. The minimum absolute atomic E-state index is 0.0350. The number of likely N-dealkylation sites (tertiary alicyclic amines) is 1. The van der Waals surface area contributed by atoms with Crippen LogP contribution in [0, 0.1) is 11.7 Å². The van der Waals surface area contributed by atoms with Crippen molar-refractivity contribution in [2.45, 2.75) is 5.92 Å². The highest BCUT2D eigenvalue weighted by Gasteiger charge is 2.37. The Hall–Kier alpha value is -3.97. The maximum absolute atomic E-state index is 13.2. The number of nitrogens with one attached hydrogen (secondary N) is 2. The highest BCUT2D eigenvalue weighted by Crippen LogP contribution is 2.33. The zero-order valence-corrected chi connectivity index (χ0v) is 18.9. The minimum Gasteiger partial charge on any atom is -0.397 e. The van der Waals surface area contributed by atoms with Gasteiger partial charge in [-0.05, 0) is 60.6 Å². The first-order valence-corrected chi connectivity index (χ1v) is 11.1. The van der Waals surface area contributed by atoms with Crippen molar-refractivity contribution in [2.75, 3.05) is 36.5 Å². The summed E-state index contributed by atoms with van der Waals surface area (Å²) in [6.45, 7) is 1.40. The van der Waals surface area contributed by atoms with Crippen molar-refractivity contribution in [3.8, 4) is 0 Å². The number of nitrogens with zero attached hydrogens (tertiary/aromatic N) is 1. The third-order valence-electron chi connectivity index (χ3n) is 5.96. The molecule has 174 valence electrons. The molecule has 2 amide bonds. The number of halogens is 1. The number of nitrogen functional groups attached to an aromatic ring is 1. The van der Waals surface area contributed by atoms with Crippen LogP contribution in [-0.4, -0.2) is 36.9 Å². The summed E-state index contributed by atoms with van der Waals surface area (Å²) in [4.78, 5) is 27.3. The first-order valence-electron chi connectivity index (χ1n) is 11.1. The van der Waals surface area contributed by atoms with Gasteiger partial charge in [-0.15, -0.1) is 0 Å². The summed E-state index contributed by atoms with van der Waals surface area (Å²) < 4.78 is 13.2. The van der Waals surface area contributed by atoms with Gasteiger partial charge in [0.2, 0.25) is 11.8 Å². The SMILES string of the molecule is CN1C[C@H](C(=O)Nc2ccc(F)cc2)[C@@H](c2ccc(C=CC(=O)Nc3ccccc3N)cc2)C1. The van der Waals surface area contributed by atoms with E-state index < -0.39 is 0 Å². The van der Waals surface area contributed by atoms with E-state index in [-0.39, 0.29) is 29.5 Å². The van der Waals surface area contributed by atoms with E-state index >= 15 is 0 Å². The van der Waals surface area contributed by atoms with Gasteiger partial charge >= 0.3 is 0 Å². The third-order valence-corrected chi connectivity index (χ3v) is 5.96. The van der Waals surface area contributed by atoms with E-state index in [2.05, 4.69) is 15.5 Å². The number of rotatable bonds is 6. The van der Waals surface area contributed by atoms with E-state index in [0.717, 1.165) is 17.7 Å². The first kappa shape index (κ1) is 23.2. The van der Waals surface area contributed by atoms with E-state index in [9.17, 15) is 14.0 Å². The first-order chi connectivity index (χ1) is 16.4. The van der Waals surface area contributed by atoms with Gasteiger partial charge in [0.15, 0.2) is 0 Å². The van der Waals surface area contributed by atoms with Gasteiger partial charge in [0.05, 0.1) is 17.3 Å². The van der Waals surface area contributed by atoms with Crippen LogP contribution in [0.2, 0.25) is 0 Å². The van der Waals surface area contributed by atoms with E-state index in [1.54, 1.807) is 30.3 Å². The van der Waals surface area contributed by atoms with Gasteiger partial charge < -0.3 is 21.3 Å². The van der Waals surface area contributed by atoms with Crippen LogP contribution < -0.4 is 16.4 Å². The number of carbonyl (C=O) groups is 2. The molecule has 0 bridgehead atoms. The number of amides is 2. The van der Waals surface area contributed by atoms with E-state index in [1.807, 2.05) is 43.4 Å². The topological polar surface area (TPSA) is 87.5 Å². The molecule has 1 aliphatic rings. The molecule has 0 aliphatic carbocycles. The molecule has 7 heteroatoms. The maximum Gasteiger partial charge on any atom is 0.248 e. The molecule has 1 aliphatic heterocycles. The lowest BCUT2D eigenvalue weighted by atomic mass is 9.88. The molecule has 0 aromatic heterocycles. The zero-order valence-electron chi connectivity index (χ0n) is 18.9. The average molecular weight is 459 g/mol. The molecule has 3 aromatic carbocycles. The summed E-state index contributed by atoms with van der Waals surface area (Å²) in [7, 11) is 1.99. The van der Waals surface area contributed by atoms with Crippen LogP contribution in [0.1, 0.15) is 17.0 Å². The van der Waals surface area contributed by atoms with Gasteiger partial charge in [0.25, 0.3) is 0 Å². The molecule has 0 spiro atoms. The van der Waals surface area contributed by atoms with Gasteiger partial charge in [-0.25, -0.2) is 4.39 Å². The van der Waals surface area contributed by atoms with Gasteiger partial charge in [-0.1, -0.05) is 36.4 Å². The van der Waals surface area contributed by atoms with Crippen LogP contribution in [-0.2, 0) is 9.59 Å². The molecule has 0 unspecified atom stereocenters. The second-order valence-corrected chi connectivity index (χ2v) is 8.51. The predicted molar refractivity (Wildman–Crippen MR) is 134 cm³/mol. The highest BCUT2D eigenvalue weighted by molar-refractivity contribution is 6.03. The van der Waals surface area contributed by atoms with Crippen molar-refractivity contribution in [2.24, 2.45) is 5.92 Å². The van der Waals surface area contributed by atoms with Crippen molar-refractivity contribution in [3.63, 3.8) is 0 Å². The second kappa shape index (κ2) is 10.3. The molecular formula is C27H27FN4O2. The number of nitrogens with two attached hydrogens (primary N) is 1. The Kier molecular flexibility index (Phi) is 7.04. The van der Waals surface area contributed by atoms with Crippen LogP contribution in [0.25, 0.3) is 6.08 Å².